The van der Waals surface area contributed by atoms with E-state index in [0.29, 0.717) is 36.6 Å². The van der Waals surface area contributed by atoms with Crippen molar-refractivity contribution in [3.8, 4) is 18.1 Å². The lowest BCUT2D eigenvalue weighted by molar-refractivity contribution is -0.123. The SMILES string of the molecule is C#CCOc1ccc2c(c1)C(=O)N1CC(=C)C[C@H]1C(=O)N2COCC[Si](C)(C)C. The molecular weight excluding hydrogens is 384 g/mol. The van der Waals surface area contributed by atoms with Gasteiger partial charge in [0, 0.05) is 21.2 Å². The molecular formula is C22H28N2O4Si. The minimum Gasteiger partial charge on any atom is -0.481 e. The summed E-state index contributed by atoms with van der Waals surface area (Å²) >= 11 is 0. The topological polar surface area (TPSA) is 59.1 Å². The lowest BCUT2D eigenvalue weighted by atomic mass is 10.1. The standard InChI is InChI=1S/C22H28N2O4Si/c1-6-9-28-17-7-8-19-18(13-17)21(25)23-14-16(2)12-20(23)22(26)24(19)15-27-10-11-29(3,4)5/h1,7-8,13,20H,2,9-12,14-15H2,3-5H3/t20-/m0/s1. The monoisotopic (exact) mass is 412 g/mol. The average Bonchev–Trinajstić information content (AvgIpc) is 3.03. The van der Waals surface area contributed by atoms with Crippen molar-refractivity contribution in [2.24, 2.45) is 0 Å². The maximum absolute atomic E-state index is 13.3. The average molecular weight is 413 g/mol. The van der Waals surface area contributed by atoms with E-state index in [9.17, 15) is 9.59 Å². The van der Waals surface area contributed by atoms with E-state index in [4.69, 9.17) is 15.9 Å². The number of rotatable bonds is 7. The molecule has 0 aromatic heterocycles. The Hall–Kier alpha value is -2.56. The largest absolute Gasteiger partial charge is 0.481 e. The molecule has 1 atom stereocenters. The molecule has 7 heteroatoms. The molecule has 0 unspecified atom stereocenters. The van der Waals surface area contributed by atoms with Gasteiger partial charge in [0.2, 0.25) is 0 Å². The molecule has 0 N–H and O–H groups in total. The molecule has 0 bridgehead atoms. The number of terminal acetylenes is 1. The zero-order valence-corrected chi connectivity index (χ0v) is 18.4. The molecule has 0 radical (unpaired) electrons. The fourth-order valence-electron chi connectivity index (χ4n) is 3.49. The van der Waals surface area contributed by atoms with Crippen molar-refractivity contribution in [2.45, 2.75) is 38.1 Å². The number of benzene rings is 1. The Kier molecular flexibility index (Phi) is 6.15. The molecule has 2 aliphatic rings. The Bertz CT molecular complexity index is 869. The van der Waals surface area contributed by atoms with Crippen LogP contribution < -0.4 is 9.64 Å². The lowest BCUT2D eigenvalue weighted by Crippen LogP contribution is -2.45. The number of nitrogens with zero attached hydrogens (tertiary/aromatic N) is 2. The second-order valence-corrected chi connectivity index (χ2v) is 14.3. The van der Waals surface area contributed by atoms with Crippen molar-refractivity contribution in [3.05, 3.63) is 35.9 Å². The van der Waals surface area contributed by atoms with E-state index in [2.05, 4.69) is 32.1 Å². The van der Waals surface area contributed by atoms with Gasteiger partial charge in [-0.25, -0.2) is 0 Å². The summed E-state index contributed by atoms with van der Waals surface area (Å²) < 4.78 is 11.4. The fourth-order valence-corrected chi connectivity index (χ4v) is 4.25. The van der Waals surface area contributed by atoms with Crippen LogP contribution in [0.15, 0.2) is 30.4 Å². The molecule has 2 aliphatic heterocycles. The summed E-state index contributed by atoms with van der Waals surface area (Å²) in [5.74, 6) is 2.57. The van der Waals surface area contributed by atoms with Gasteiger partial charge in [0.25, 0.3) is 11.8 Å². The molecule has 1 saturated heterocycles. The van der Waals surface area contributed by atoms with Gasteiger partial charge in [-0.3, -0.25) is 14.5 Å². The van der Waals surface area contributed by atoms with Crippen LogP contribution in [0.5, 0.6) is 5.75 Å². The molecule has 6 nitrogen and oxygen atoms in total. The predicted molar refractivity (Wildman–Crippen MR) is 116 cm³/mol. The number of anilines is 1. The molecule has 1 aromatic carbocycles. The molecule has 0 saturated carbocycles. The summed E-state index contributed by atoms with van der Waals surface area (Å²) in [4.78, 5) is 29.7. The first-order valence-corrected chi connectivity index (χ1v) is 13.5. The van der Waals surface area contributed by atoms with E-state index in [1.807, 2.05) is 0 Å². The van der Waals surface area contributed by atoms with Gasteiger partial charge >= 0.3 is 0 Å². The minimum atomic E-state index is -1.24. The Labute approximate surface area is 173 Å². The van der Waals surface area contributed by atoms with Crippen molar-refractivity contribution in [1.29, 1.82) is 0 Å². The molecule has 1 aromatic rings. The van der Waals surface area contributed by atoms with Crippen LogP contribution in [0, 0.1) is 12.3 Å². The highest BCUT2D eigenvalue weighted by atomic mass is 28.3. The molecule has 0 aliphatic carbocycles. The van der Waals surface area contributed by atoms with Crippen LogP contribution in [-0.2, 0) is 9.53 Å². The van der Waals surface area contributed by atoms with Gasteiger partial charge in [-0.15, -0.1) is 6.42 Å². The number of hydrogen-bond acceptors (Lipinski definition) is 4. The molecule has 2 amide bonds. The van der Waals surface area contributed by atoms with Gasteiger partial charge in [0.15, 0.2) is 0 Å². The van der Waals surface area contributed by atoms with E-state index < -0.39 is 14.1 Å². The maximum atomic E-state index is 13.3. The van der Waals surface area contributed by atoms with E-state index in [-0.39, 0.29) is 25.2 Å². The minimum absolute atomic E-state index is 0.110. The Balaban J connectivity index is 1.91. The van der Waals surface area contributed by atoms with Gasteiger partial charge in [-0.05, 0) is 30.7 Å². The van der Waals surface area contributed by atoms with Crippen LogP contribution in [0.3, 0.4) is 0 Å². The van der Waals surface area contributed by atoms with Crippen LogP contribution >= 0.6 is 0 Å². The van der Waals surface area contributed by atoms with Crippen molar-refractivity contribution >= 4 is 25.6 Å². The van der Waals surface area contributed by atoms with Gasteiger partial charge in [0.1, 0.15) is 25.1 Å². The molecule has 2 heterocycles. The summed E-state index contributed by atoms with van der Waals surface area (Å²) in [6.07, 6.45) is 5.74. The zero-order valence-electron chi connectivity index (χ0n) is 17.4. The number of carbonyl (C=O) groups is 2. The van der Waals surface area contributed by atoms with Crippen molar-refractivity contribution in [3.63, 3.8) is 0 Å². The fraction of sp³-hybridized carbons (Fsp3) is 0.455. The Morgan fingerprint density at radius 1 is 1.31 bits per heavy atom. The van der Waals surface area contributed by atoms with E-state index >= 15 is 0 Å². The van der Waals surface area contributed by atoms with Crippen molar-refractivity contribution < 1.29 is 19.1 Å². The number of fused-ring (bicyclic) bond motifs is 2. The van der Waals surface area contributed by atoms with Gasteiger partial charge in [-0.1, -0.05) is 37.7 Å². The number of carbonyl (C=O) groups excluding carboxylic acids is 2. The molecule has 3 rings (SSSR count). The predicted octanol–water partition coefficient (Wildman–Crippen LogP) is 3.13. The first kappa shape index (κ1) is 21.2. The van der Waals surface area contributed by atoms with E-state index in [0.717, 1.165) is 11.6 Å². The normalized spacial score (nSPS) is 19.0. The van der Waals surface area contributed by atoms with Crippen LogP contribution in [0.1, 0.15) is 16.8 Å². The lowest BCUT2D eigenvalue weighted by Gasteiger charge is -2.26. The molecule has 0 spiro atoms. The highest BCUT2D eigenvalue weighted by molar-refractivity contribution is 6.76. The Morgan fingerprint density at radius 3 is 2.76 bits per heavy atom. The number of ether oxygens (including phenoxy) is 2. The summed E-state index contributed by atoms with van der Waals surface area (Å²) in [6, 6.07) is 5.57. The van der Waals surface area contributed by atoms with Gasteiger partial charge in [0.05, 0.1) is 11.3 Å². The molecule has 154 valence electrons. The summed E-state index contributed by atoms with van der Waals surface area (Å²) in [5.41, 5.74) is 1.83. The molecule has 29 heavy (non-hydrogen) atoms. The van der Waals surface area contributed by atoms with Gasteiger partial charge < -0.3 is 14.4 Å². The third kappa shape index (κ3) is 4.71. The van der Waals surface area contributed by atoms with Crippen molar-refractivity contribution in [2.75, 3.05) is 31.4 Å². The number of hydrogen-bond donors (Lipinski definition) is 0. The Morgan fingerprint density at radius 2 is 2.07 bits per heavy atom. The highest BCUT2D eigenvalue weighted by Gasteiger charge is 2.43. The first-order valence-electron chi connectivity index (χ1n) is 9.78. The zero-order chi connectivity index (χ0) is 21.2. The second-order valence-electron chi connectivity index (χ2n) is 8.69. The summed E-state index contributed by atoms with van der Waals surface area (Å²) in [7, 11) is -1.24. The number of amides is 2. The highest BCUT2D eigenvalue weighted by Crippen LogP contribution is 2.35. The van der Waals surface area contributed by atoms with Crippen LogP contribution in [0.25, 0.3) is 0 Å². The third-order valence-electron chi connectivity index (χ3n) is 5.09. The molecule has 1 fully saturated rings. The van der Waals surface area contributed by atoms with Crippen LogP contribution in [0.4, 0.5) is 5.69 Å². The van der Waals surface area contributed by atoms with Crippen molar-refractivity contribution in [1.82, 2.24) is 4.90 Å². The summed E-state index contributed by atoms with van der Waals surface area (Å²) in [6.45, 7) is 12.0. The maximum Gasteiger partial charge on any atom is 0.257 e. The quantitative estimate of drug-likeness (QED) is 0.299. The first-order chi connectivity index (χ1) is 13.7. The summed E-state index contributed by atoms with van der Waals surface area (Å²) in [5, 5.41) is 0. The van der Waals surface area contributed by atoms with E-state index in [1.165, 1.54) is 0 Å². The third-order valence-corrected chi connectivity index (χ3v) is 6.80. The second kappa shape index (κ2) is 8.43. The smallest absolute Gasteiger partial charge is 0.257 e. The van der Waals surface area contributed by atoms with Crippen LogP contribution in [-0.4, -0.2) is 57.3 Å². The van der Waals surface area contributed by atoms with Gasteiger partial charge in [-0.2, -0.15) is 0 Å². The van der Waals surface area contributed by atoms with Crippen LogP contribution in [0.2, 0.25) is 25.7 Å². The van der Waals surface area contributed by atoms with E-state index in [1.54, 1.807) is 28.0 Å².